The van der Waals surface area contributed by atoms with Crippen LogP contribution in [0.25, 0.3) is 0 Å². The fourth-order valence-electron chi connectivity index (χ4n) is 1.43. The van der Waals surface area contributed by atoms with Crippen LogP contribution in [0.1, 0.15) is 5.56 Å². The molecule has 0 spiro atoms. The summed E-state index contributed by atoms with van der Waals surface area (Å²) in [5, 5.41) is 15.1. The van der Waals surface area contributed by atoms with Gasteiger partial charge in [-0.2, -0.15) is 0 Å². The summed E-state index contributed by atoms with van der Waals surface area (Å²) in [6.07, 6.45) is 0. The maximum absolute atomic E-state index is 9.23. The Morgan fingerprint density at radius 3 is 2.69 bits per heavy atom. The molecule has 4 heteroatoms. The number of anilines is 2. The van der Waals surface area contributed by atoms with Gasteiger partial charge < -0.3 is 15.2 Å². The molecule has 0 unspecified atom stereocenters. The number of ether oxygens (including phenoxy) is 1. The number of benzene rings is 1. The van der Waals surface area contributed by atoms with Gasteiger partial charge in [-0.3, -0.25) is 0 Å². The van der Waals surface area contributed by atoms with E-state index in [0.29, 0.717) is 5.75 Å². The van der Waals surface area contributed by atoms with Gasteiger partial charge >= 0.3 is 0 Å². The molecule has 84 valence electrons. The van der Waals surface area contributed by atoms with Crippen molar-refractivity contribution in [2.45, 2.75) is 6.92 Å². The highest BCUT2D eigenvalue weighted by atomic mass is 32.1. The first-order valence-electron chi connectivity index (χ1n) is 4.88. The molecule has 2 N–H and O–H groups in total. The van der Waals surface area contributed by atoms with E-state index in [-0.39, 0.29) is 0 Å². The Hall–Kier alpha value is -1.68. The molecule has 1 aromatic heterocycles. The third-order valence-electron chi connectivity index (χ3n) is 2.28. The zero-order valence-electron chi connectivity index (χ0n) is 9.15. The second-order valence-corrected chi connectivity index (χ2v) is 4.39. The second kappa shape index (κ2) is 4.45. The number of rotatable bonds is 3. The number of methoxy groups -OCH3 is 1. The van der Waals surface area contributed by atoms with Crippen LogP contribution in [0.3, 0.4) is 0 Å². The highest BCUT2D eigenvalue weighted by molar-refractivity contribution is 7.14. The average molecular weight is 235 g/mol. The van der Waals surface area contributed by atoms with Gasteiger partial charge in [-0.25, -0.2) is 0 Å². The molecule has 0 aliphatic heterocycles. The van der Waals surface area contributed by atoms with Gasteiger partial charge in [0.1, 0.15) is 11.5 Å². The minimum absolute atomic E-state index is 0.290. The third kappa shape index (κ3) is 2.28. The summed E-state index contributed by atoms with van der Waals surface area (Å²) in [7, 11) is 1.65. The molecule has 3 nitrogen and oxygen atoms in total. The standard InChI is InChI=1S/C12H13NO2S/c1-8-5-10(15-2)3-4-11(8)13-12-6-9(14)7-16-12/h3-7,13-14H,1-2H3. The molecule has 0 fully saturated rings. The predicted octanol–water partition coefficient (Wildman–Crippen LogP) is 3.51. The lowest BCUT2D eigenvalue weighted by atomic mass is 10.2. The smallest absolute Gasteiger partial charge is 0.128 e. The van der Waals surface area contributed by atoms with Crippen LogP contribution in [-0.2, 0) is 0 Å². The number of aromatic hydroxyl groups is 1. The van der Waals surface area contributed by atoms with E-state index in [9.17, 15) is 5.11 Å². The largest absolute Gasteiger partial charge is 0.507 e. The number of nitrogens with one attached hydrogen (secondary N) is 1. The van der Waals surface area contributed by atoms with Crippen molar-refractivity contribution in [2.24, 2.45) is 0 Å². The van der Waals surface area contributed by atoms with Crippen molar-refractivity contribution in [3.8, 4) is 11.5 Å². The van der Waals surface area contributed by atoms with E-state index in [2.05, 4.69) is 5.32 Å². The van der Waals surface area contributed by atoms with E-state index in [1.807, 2.05) is 25.1 Å². The fraction of sp³-hybridized carbons (Fsp3) is 0.167. The first-order valence-corrected chi connectivity index (χ1v) is 5.76. The Balaban J connectivity index is 2.21. The Morgan fingerprint density at radius 1 is 1.31 bits per heavy atom. The lowest BCUT2D eigenvalue weighted by molar-refractivity contribution is 0.414. The topological polar surface area (TPSA) is 41.5 Å². The first-order chi connectivity index (χ1) is 7.69. The highest BCUT2D eigenvalue weighted by Crippen LogP contribution is 2.30. The molecule has 2 rings (SSSR count). The monoisotopic (exact) mass is 235 g/mol. The molecular formula is C12H13NO2S. The molecule has 0 aliphatic rings. The molecule has 2 aromatic rings. The van der Waals surface area contributed by atoms with Crippen LogP contribution < -0.4 is 10.1 Å². The molecule has 1 aromatic carbocycles. The van der Waals surface area contributed by atoms with Crippen LogP contribution in [0.15, 0.2) is 29.6 Å². The van der Waals surface area contributed by atoms with Crippen molar-refractivity contribution in [3.05, 3.63) is 35.2 Å². The Labute approximate surface area is 98.3 Å². The molecule has 1 heterocycles. The van der Waals surface area contributed by atoms with E-state index in [4.69, 9.17) is 4.74 Å². The summed E-state index contributed by atoms with van der Waals surface area (Å²) >= 11 is 1.47. The number of aryl methyl sites for hydroxylation is 1. The van der Waals surface area contributed by atoms with Gasteiger partial charge in [-0.05, 0) is 30.7 Å². The van der Waals surface area contributed by atoms with Crippen LogP contribution >= 0.6 is 11.3 Å². The zero-order chi connectivity index (χ0) is 11.5. The summed E-state index contributed by atoms with van der Waals surface area (Å²) in [6.45, 7) is 2.01. The van der Waals surface area contributed by atoms with Gasteiger partial charge in [0.2, 0.25) is 0 Å². The van der Waals surface area contributed by atoms with Gasteiger partial charge in [0.25, 0.3) is 0 Å². The first kappa shape index (κ1) is 10.8. The van der Waals surface area contributed by atoms with Crippen LogP contribution in [0, 0.1) is 6.92 Å². The second-order valence-electron chi connectivity index (χ2n) is 3.48. The molecular weight excluding hydrogens is 222 g/mol. The Morgan fingerprint density at radius 2 is 2.12 bits per heavy atom. The van der Waals surface area contributed by atoms with Crippen molar-refractivity contribution in [1.29, 1.82) is 0 Å². The molecule has 0 saturated carbocycles. The highest BCUT2D eigenvalue weighted by Gasteiger charge is 2.02. The molecule has 0 amide bonds. The minimum atomic E-state index is 0.290. The summed E-state index contributed by atoms with van der Waals surface area (Å²) < 4.78 is 5.14. The maximum Gasteiger partial charge on any atom is 0.128 e. The van der Waals surface area contributed by atoms with Crippen LogP contribution in [-0.4, -0.2) is 12.2 Å². The van der Waals surface area contributed by atoms with Crippen molar-refractivity contribution >= 4 is 22.0 Å². The van der Waals surface area contributed by atoms with Gasteiger partial charge in [-0.15, -0.1) is 11.3 Å². The minimum Gasteiger partial charge on any atom is -0.507 e. The number of hydrogen-bond donors (Lipinski definition) is 2. The van der Waals surface area contributed by atoms with Crippen LogP contribution in [0.5, 0.6) is 11.5 Å². The van der Waals surface area contributed by atoms with Gasteiger partial charge in [0, 0.05) is 17.1 Å². The summed E-state index contributed by atoms with van der Waals surface area (Å²) in [6, 6.07) is 7.54. The van der Waals surface area contributed by atoms with E-state index in [0.717, 1.165) is 22.0 Å². The lowest BCUT2D eigenvalue weighted by Crippen LogP contribution is -1.91. The molecule has 0 aliphatic carbocycles. The molecule has 0 bridgehead atoms. The van der Waals surface area contributed by atoms with Crippen molar-refractivity contribution in [3.63, 3.8) is 0 Å². The van der Waals surface area contributed by atoms with Gasteiger partial charge in [-0.1, -0.05) is 0 Å². The third-order valence-corrected chi connectivity index (χ3v) is 3.11. The summed E-state index contributed by atoms with van der Waals surface area (Å²) in [5.74, 6) is 1.13. The molecule has 16 heavy (non-hydrogen) atoms. The maximum atomic E-state index is 9.23. The number of hydrogen-bond acceptors (Lipinski definition) is 4. The quantitative estimate of drug-likeness (QED) is 0.855. The predicted molar refractivity (Wildman–Crippen MR) is 67.0 cm³/mol. The molecule has 0 radical (unpaired) electrons. The van der Waals surface area contributed by atoms with Crippen LogP contribution in [0.2, 0.25) is 0 Å². The number of thiophene rings is 1. The zero-order valence-corrected chi connectivity index (χ0v) is 9.97. The van der Waals surface area contributed by atoms with E-state index in [1.165, 1.54) is 11.3 Å². The summed E-state index contributed by atoms with van der Waals surface area (Å²) in [4.78, 5) is 0. The fourth-order valence-corrected chi connectivity index (χ4v) is 2.10. The van der Waals surface area contributed by atoms with Gasteiger partial charge in [0.05, 0.1) is 12.1 Å². The van der Waals surface area contributed by atoms with E-state index in [1.54, 1.807) is 18.6 Å². The molecule has 0 saturated heterocycles. The SMILES string of the molecule is COc1ccc(Nc2cc(O)cs2)c(C)c1. The average Bonchev–Trinajstić information content (AvgIpc) is 2.67. The van der Waals surface area contributed by atoms with E-state index >= 15 is 0 Å². The molecule has 0 atom stereocenters. The Kier molecular flexibility index (Phi) is 3.01. The van der Waals surface area contributed by atoms with Gasteiger partial charge in [0.15, 0.2) is 0 Å². The summed E-state index contributed by atoms with van der Waals surface area (Å²) in [5.41, 5.74) is 2.12. The van der Waals surface area contributed by atoms with Crippen molar-refractivity contribution < 1.29 is 9.84 Å². The normalized spacial score (nSPS) is 10.1. The van der Waals surface area contributed by atoms with Crippen molar-refractivity contribution in [2.75, 3.05) is 12.4 Å². The lowest BCUT2D eigenvalue weighted by Gasteiger charge is -2.08. The van der Waals surface area contributed by atoms with E-state index < -0.39 is 0 Å². The Bertz CT molecular complexity index is 494. The van der Waals surface area contributed by atoms with Crippen LogP contribution in [0.4, 0.5) is 10.7 Å². The van der Waals surface area contributed by atoms with Crippen molar-refractivity contribution in [1.82, 2.24) is 0 Å².